The smallest absolute Gasteiger partial charge is 0.343 e. The van der Waals surface area contributed by atoms with Crippen molar-refractivity contribution in [1.82, 2.24) is 0 Å². The highest BCUT2D eigenvalue weighted by Gasteiger charge is 2.17. The van der Waals surface area contributed by atoms with Crippen molar-refractivity contribution in [2.75, 3.05) is 4.90 Å². The number of hydrogen-bond acceptors (Lipinski definition) is 3. The predicted octanol–water partition coefficient (Wildman–Crippen LogP) is 12.0. The summed E-state index contributed by atoms with van der Waals surface area (Å²) in [4.78, 5) is 15.5. The summed E-state index contributed by atoms with van der Waals surface area (Å²) in [6.07, 6.45) is 4.39. The van der Waals surface area contributed by atoms with Crippen LogP contribution in [-0.4, -0.2) is 5.97 Å². The summed E-state index contributed by atoms with van der Waals surface area (Å²) < 4.78 is 5.85. The number of benzene rings is 6. The average molecular weight is 618 g/mol. The molecule has 0 radical (unpaired) electrons. The Bertz CT molecular complexity index is 1950. The first-order valence-electron chi connectivity index (χ1n) is 16.8. The zero-order valence-electron chi connectivity index (χ0n) is 27.9. The van der Waals surface area contributed by atoms with Crippen LogP contribution in [-0.2, 0) is 12.8 Å². The van der Waals surface area contributed by atoms with E-state index in [4.69, 9.17) is 4.74 Å². The van der Waals surface area contributed by atoms with Gasteiger partial charge in [0, 0.05) is 16.8 Å². The van der Waals surface area contributed by atoms with Gasteiger partial charge < -0.3 is 9.64 Å². The van der Waals surface area contributed by atoms with Gasteiger partial charge >= 0.3 is 5.97 Å². The third-order valence-corrected chi connectivity index (χ3v) is 8.74. The number of fused-ring (bicyclic) bond motifs is 1. The number of ether oxygens (including phenoxy) is 1. The van der Waals surface area contributed by atoms with Gasteiger partial charge in [0.05, 0.1) is 11.3 Å². The van der Waals surface area contributed by atoms with Crippen LogP contribution in [0.3, 0.4) is 0 Å². The minimum Gasteiger partial charge on any atom is -0.423 e. The first kappa shape index (κ1) is 31.8. The Morgan fingerprint density at radius 1 is 0.723 bits per heavy atom. The topological polar surface area (TPSA) is 29.5 Å². The van der Waals surface area contributed by atoms with E-state index in [0.717, 1.165) is 47.3 Å². The van der Waals surface area contributed by atoms with Crippen molar-refractivity contribution in [3.63, 3.8) is 0 Å². The van der Waals surface area contributed by atoms with Crippen LogP contribution < -0.4 is 9.64 Å². The Hall–Kier alpha value is -5.15. The fourth-order valence-corrected chi connectivity index (χ4v) is 6.13. The molecule has 0 fully saturated rings. The summed E-state index contributed by atoms with van der Waals surface area (Å²) >= 11 is 0. The summed E-state index contributed by atoms with van der Waals surface area (Å²) in [6.45, 7) is 8.85. The second-order valence-electron chi connectivity index (χ2n) is 12.8. The van der Waals surface area contributed by atoms with E-state index in [2.05, 4.69) is 130 Å². The lowest BCUT2D eigenvalue weighted by molar-refractivity contribution is 0.0735. The van der Waals surface area contributed by atoms with Gasteiger partial charge in [0.2, 0.25) is 0 Å². The Balaban J connectivity index is 1.23. The van der Waals surface area contributed by atoms with E-state index < -0.39 is 0 Å². The lowest BCUT2D eigenvalue weighted by atomic mass is 9.92. The molecule has 3 nitrogen and oxygen atoms in total. The molecule has 6 rings (SSSR count). The molecule has 0 unspecified atom stereocenters. The van der Waals surface area contributed by atoms with Crippen LogP contribution in [0.1, 0.15) is 60.7 Å². The van der Waals surface area contributed by atoms with Gasteiger partial charge in [-0.05, 0) is 114 Å². The van der Waals surface area contributed by atoms with Crippen molar-refractivity contribution in [2.45, 2.75) is 53.4 Å². The molecule has 0 amide bonds. The molecule has 0 bridgehead atoms. The first-order chi connectivity index (χ1) is 22.9. The Kier molecular flexibility index (Phi) is 9.83. The van der Waals surface area contributed by atoms with Crippen LogP contribution in [0.15, 0.2) is 133 Å². The maximum atomic E-state index is 13.3. The number of esters is 1. The van der Waals surface area contributed by atoms with Crippen LogP contribution in [0, 0.1) is 12.8 Å². The van der Waals surface area contributed by atoms with Gasteiger partial charge in [-0.25, -0.2) is 4.79 Å². The number of nitrogens with zero attached hydrogens (tertiary/aromatic N) is 1. The number of carbonyl (C=O) groups excluding carboxylic acids is 1. The third kappa shape index (κ3) is 7.47. The molecule has 0 spiro atoms. The zero-order chi connectivity index (χ0) is 32.8. The summed E-state index contributed by atoms with van der Waals surface area (Å²) in [5.41, 5.74) is 9.94. The lowest BCUT2D eigenvalue weighted by Gasteiger charge is -2.27. The lowest BCUT2D eigenvalue weighted by Crippen LogP contribution is -2.12. The Labute approximate surface area is 279 Å². The van der Waals surface area contributed by atoms with Crippen LogP contribution >= 0.6 is 0 Å². The van der Waals surface area contributed by atoms with Gasteiger partial charge in [0.25, 0.3) is 0 Å². The highest BCUT2D eigenvalue weighted by atomic mass is 16.5. The predicted molar refractivity (Wildman–Crippen MR) is 197 cm³/mol. The molecule has 0 saturated heterocycles. The molecule has 0 aromatic heterocycles. The zero-order valence-corrected chi connectivity index (χ0v) is 27.9. The van der Waals surface area contributed by atoms with Gasteiger partial charge in [-0.1, -0.05) is 112 Å². The van der Waals surface area contributed by atoms with E-state index in [0.29, 0.717) is 17.2 Å². The van der Waals surface area contributed by atoms with E-state index in [1.165, 1.54) is 34.1 Å². The summed E-state index contributed by atoms with van der Waals surface area (Å²) in [5.74, 6) is 0.835. The Morgan fingerprint density at radius 2 is 1.40 bits per heavy atom. The van der Waals surface area contributed by atoms with Crippen molar-refractivity contribution in [3.05, 3.63) is 156 Å². The molecule has 0 heterocycles. The van der Waals surface area contributed by atoms with E-state index in [-0.39, 0.29) is 5.97 Å². The number of anilines is 3. The maximum absolute atomic E-state index is 13.3. The Morgan fingerprint density at radius 3 is 2.11 bits per heavy atom. The molecule has 6 aromatic rings. The molecule has 0 aliphatic heterocycles. The van der Waals surface area contributed by atoms with E-state index in [1.807, 2.05) is 36.4 Å². The largest absolute Gasteiger partial charge is 0.423 e. The van der Waals surface area contributed by atoms with Crippen molar-refractivity contribution in [1.29, 1.82) is 0 Å². The van der Waals surface area contributed by atoms with Gasteiger partial charge in [0.15, 0.2) is 0 Å². The van der Waals surface area contributed by atoms with E-state index >= 15 is 0 Å². The second kappa shape index (κ2) is 14.5. The molecule has 0 aliphatic rings. The van der Waals surface area contributed by atoms with Crippen molar-refractivity contribution >= 4 is 33.8 Å². The highest BCUT2D eigenvalue weighted by Crippen LogP contribution is 2.39. The van der Waals surface area contributed by atoms with Crippen LogP contribution in [0.5, 0.6) is 5.75 Å². The second-order valence-corrected chi connectivity index (χ2v) is 12.8. The summed E-state index contributed by atoms with van der Waals surface area (Å²) in [5, 5.41) is 2.33. The van der Waals surface area contributed by atoms with Crippen LogP contribution in [0.25, 0.3) is 21.9 Å². The SMILES string of the molecule is CCCc1ccc(CCC(C)C)cc1-c1ccc(OC(=O)c2ccc(N(c3ccc(C)cc3)c3cccc4ccccc34)cc2)cc1. The first-order valence-corrected chi connectivity index (χ1v) is 16.8. The van der Waals surface area contributed by atoms with E-state index in [9.17, 15) is 4.79 Å². The molecule has 6 aromatic carbocycles. The highest BCUT2D eigenvalue weighted by molar-refractivity contribution is 5.99. The minimum atomic E-state index is -0.376. The molecular formula is C44H43NO2. The fourth-order valence-electron chi connectivity index (χ4n) is 6.13. The standard InChI is InChI=1S/C44H43NO2/c1-5-9-34-19-18-33(17-14-31(2)3)30-42(34)36-22-28-40(29-23-36)47-44(46)37-20-26-39(27-21-37)45(38-24-15-32(4)16-25-38)43-13-8-11-35-10-6-7-12-41(35)43/h6-8,10-13,15-16,18-31H,5,9,14,17H2,1-4H3. The molecule has 0 N–H and O–H groups in total. The monoisotopic (exact) mass is 617 g/mol. The van der Waals surface area contributed by atoms with Crippen molar-refractivity contribution in [2.24, 2.45) is 5.92 Å². The quantitative estimate of drug-likeness (QED) is 0.107. The summed E-state index contributed by atoms with van der Waals surface area (Å²) in [7, 11) is 0. The normalized spacial score (nSPS) is 11.2. The molecule has 0 saturated carbocycles. The van der Waals surface area contributed by atoms with Crippen molar-refractivity contribution in [3.8, 4) is 16.9 Å². The van der Waals surface area contributed by atoms with E-state index in [1.54, 1.807) is 0 Å². The van der Waals surface area contributed by atoms with Gasteiger partial charge in [0.1, 0.15) is 5.75 Å². The van der Waals surface area contributed by atoms with Gasteiger partial charge in [-0.15, -0.1) is 0 Å². The minimum absolute atomic E-state index is 0.376. The number of rotatable bonds is 11. The molecule has 0 aliphatic carbocycles. The molecule has 0 atom stereocenters. The third-order valence-electron chi connectivity index (χ3n) is 8.74. The average Bonchev–Trinajstić information content (AvgIpc) is 3.09. The maximum Gasteiger partial charge on any atom is 0.343 e. The number of carbonyl (C=O) groups is 1. The fraction of sp³-hybridized carbons (Fsp3) is 0.205. The summed E-state index contributed by atoms with van der Waals surface area (Å²) in [6, 6.07) is 45.8. The van der Waals surface area contributed by atoms with Crippen molar-refractivity contribution < 1.29 is 9.53 Å². The molecular weight excluding hydrogens is 574 g/mol. The van der Waals surface area contributed by atoms with Gasteiger partial charge in [-0.2, -0.15) is 0 Å². The molecule has 3 heteroatoms. The number of aryl methyl sites for hydroxylation is 3. The number of hydrogen-bond donors (Lipinski definition) is 0. The molecule has 236 valence electrons. The van der Waals surface area contributed by atoms with Gasteiger partial charge in [-0.3, -0.25) is 0 Å². The van der Waals surface area contributed by atoms with Crippen LogP contribution in [0.2, 0.25) is 0 Å². The van der Waals surface area contributed by atoms with Crippen LogP contribution in [0.4, 0.5) is 17.1 Å². The molecule has 47 heavy (non-hydrogen) atoms.